The van der Waals surface area contributed by atoms with E-state index in [4.69, 9.17) is 9.47 Å². The molecule has 0 aromatic heterocycles. The third kappa shape index (κ3) is 2.96. The smallest absolute Gasteiger partial charge is 0.315 e. The Hall–Kier alpha value is -1.36. The number of carbonyl (C=O) groups is 2. The van der Waals surface area contributed by atoms with Crippen LogP contribution in [0.1, 0.15) is 107 Å². The van der Waals surface area contributed by atoms with Crippen molar-refractivity contribution in [1.29, 1.82) is 0 Å². The molecule has 0 aromatic carbocycles. The fourth-order valence-electron chi connectivity index (χ4n) is 11.5. The lowest BCUT2D eigenvalue weighted by atomic mass is 9.33. The van der Waals surface area contributed by atoms with Crippen molar-refractivity contribution in [1.82, 2.24) is 0 Å². The molecule has 1 saturated heterocycles. The van der Waals surface area contributed by atoms with Crippen molar-refractivity contribution in [2.45, 2.75) is 125 Å². The van der Waals surface area contributed by atoms with Crippen LogP contribution in [0.15, 0.2) is 11.6 Å². The highest BCUT2D eigenvalue weighted by Gasteiger charge is 2.74. The molecule has 37 heavy (non-hydrogen) atoms. The molecule has 5 fully saturated rings. The highest BCUT2D eigenvalue weighted by molar-refractivity contribution is 5.82. The number of hydrogen-bond donors (Lipinski definition) is 1. The van der Waals surface area contributed by atoms with E-state index >= 15 is 0 Å². The van der Waals surface area contributed by atoms with E-state index < -0.39 is 11.5 Å². The van der Waals surface area contributed by atoms with Gasteiger partial charge >= 0.3 is 11.9 Å². The van der Waals surface area contributed by atoms with E-state index in [0.717, 1.165) is 38.5 Å². The molecule has 6 rings (SSSR count). The Kier molecular flexibility index (Phi) is 5.20. The van der Waals surface area contributed by atoms with Crippen LogP contribution in [0.25, 0.3) is 0 Å². The van der Waals surface area contributed by atoms with E-state index in [1.807, 2.05) is 0 Å². The van der Waals surface area contributed by atoms with Gasteiger partial charge in [0, 0.05) is 24.2 Å². The van der Waals surface area contributed by atoms with Gasteiger partial charge in [0.1, 0.15) is 17.6 Å². The first-order valence-electron chi connectivity index (χ1n) is 14.8. The van der Waals surface area contributed by atoms with Gasteiger partial charge in [-0.1, -0.05) is 60.1 Å². The Morgan fingerprint density at radius 2 is 1.70 bits per heavy atom. The van der Waals surface area contributed by atoms with Crippen molar-refractivity contribution in [2.75, 3.05) is 0 Å². The van der Waals surface area contributed by atoms with Crippen molar-refractivity contribution in [3.63, 3.8) is 0 Å². The van der Waals surface area contributed by atoms with Crippen LogP contribution < -0.4 is 0 Å². The minimum atomic E-state index is -0.764. The van der Waals surface area contributed by atoms with Crippen LogP contribution in [-0.4, -0.2) is 35.4 Å². The first kappa shape index (κ1) is 25.9. The monoisotopic (exact) mass is 512 g/mol. The van der Waals surface area contributed by atoms with E-state index in [1.54, 1.807) is 0 Å². The third-order valence-electron chi connectivity index (χ3n) is 13.7. The average molecular weight is 513 g/mol. The van der Waals surface area contributed by atoms with Crippen LogP contribution in [0, 0.1) is 50.2 Å². The molecule has 5 aliphatic carbocycles. The van der Waals surface area contributed by atoms with Gasteiger partial charge in [-0.3, -0.25) is 9.59 Å². The number of esters is 2. The quantitative estimate of drug-likeness (QED) is 0.333. The molecule has 5 heteroatoms. The van der Waals surface area contributed by atoms with Gasteiger partial charge in [-0.15, -0.1) is 0 Å². The number of hydrogen-bond acceptors (Lipinski definition) is 5. The second-order valence-electron chi connectivity index (χ2n) is 15.9. The average Bonchev–Trinajstić information content (AvgIpc) is 3.09. The van der Waals surface area contributed by atoms with Crippen molar-refractivity contribution >= 4 is 11.9 Å². The number of fused-ring (bicyclic) bond motifs is 7. The van der Waals surface area contributed by atoms with Crippen molar-refractivity contribution < 1.29 is 24.2 Å². The summed E-state index contributed by atoms with van der Waals surface area (Å²) in [7, 11) is 0. The van der Waals surface area contributed by atoms with Crippen LogP contribution in [0.2, 0.25) is 0 Å². The Morgan fingerprint density at radius 1 is 1.00 bits per heavy atom. The standard InChI is InChI=1S/C32H48O5/c1-18(33)36-24-12-13-29(6)21(28(24,4)5)11-14-30(7)22(29)10-9-19-20-15-27(2,3)25-17-32(20,26(35)37-25)23(34)16-31(19,30)8/h9,20-25,34H,10-17H2,1-8H3. The van der Waals surface area contributed by atoms with E-state index in [2.05, 4.69) is 54.5 Å². The number of rotatable bonds is 1. The van der Waals surface area contributed by atoms with E-state index in [-0.39, 0.29) is 57.1 Å². The Bertz CT molecular complexity index is 1070. The summed E-state index contributed by atoms with van der Waals surface area (Å²) in [6, 6.07) is 0. The predicted octanol–water partition coefficient (Wildman–Crippen LogP) is 6.23. The molecule has 1 aliphatic heterocycles. The molecule has 0 radical (unpaired) electrons. The van der Waals surface area contributed by atoms with Gasteiger partial charge in [0.15, 0.2) is 0 Å². The first-order valence-corrected chi connectivity index (χ1v) is 14.8. The summed E-state index contributed by atoms with van der Waals surface area (Å²) in [5.74, 6) is 0.701. The zero-order valence-corrected chi connectivity index (χ0v) is 24.3. The maximum atomic E-state index is 13.4. The van der Waals surface area contributed by atoms with Crippen LogP contribution in [0.3, 0.4) is 0 Å². The molecule has 0 amide bonds. The summed E-state index contributed by atoms with van der Waals surface area (Å²) >= 11 is 0. The number of aliphatic hydroxyl groups is 1. The number of aliphatic hydroxyl groups excluding tert-OH is 1. The lowest BCUT2D eigenvalue weighted by molar-refractivity contribution is -0.218. The van der Waals surface area contributed by atoms with Crippen molar-refractivity contribution in [3.8, 4) is 0 Å². The zero-order chi connectivity index (χ0) is 27.0. The summed E-state index contributed by atoms with van der Waals surface area (Å²) in [5.41, 5.74) is 0.551. The molecule has 10 atom stereocenters. The summed E-state index contributed by atoms with van der Waals surface area (Å²) < 4.78 is 11.8. The second-order valence-corrected chi connectivity index (χ2v) is 15.9. The molecule has 206 valence electrons. The molecule has 2 bridgehead atoms. The van der Waals surface area contributed by atoms with E-state index in [9.17, 15) is 14.7 Å². The van der Waals surface area contributed by atoms with Gasteiger partial charge < -0.3 is 14.6 Å². The summed E-state index contributed by atoms with van der Waals surface area (Å²) in [6.07, 6.45) is 9.16. The van der Waals surface area contributed by atoms with Gasteiger partial charge in [0.2, 0.25) is 0 Å². The molecule has 6 aliphatic rings. The summed E-state index contributed by atoms with van der Waals surface area (Å²) in [5, 5.41) is 11.9. The maximum Gasteiger partial charge on any atom is 0.315 e. The minimum Gasteiger partial charge on any atom is -0.462 e. The normalized spacial score (nSPS) is 53.0. The summed E-state index contributed by atoms with van der Waals surface area (Å²) in [4.78, 5) is 25.3. The molecule has 1 heterocycles. The molecule has 0 aromatic rings. The van der Waals surface area contributed by atoms with E-state index in [1.165, 1.54) is 12.5 Å². The predicted molar refractivity (Wildman–Crippen MR) is 141 cm³/mol. The highest BCUT2D eigenvalue weighted by atomic mass is 16.6. The molecule has 4 saturated carbocycles. The SMILES string of the molecule is CC(=O)OC1CCC2(C)C(CCC3(C)C2CC=C2C4CC(C)(C)C5CC4(C(=O)O5)C(O)CC23C)C1(C)C. The largest absolute Gasteiger partial charge is 0.462 e. The Labute approximate surface area is 223 Å². The van der Waals surface area contributed by atoms with Gasteiger partial charge in [0.25, 0.3) is 0 Å². The minimum absolute atomic E-state index is 0.0279. The number of carbonyl (C=O) groups excluding carboxylic acids is 2. The van der Waals surface area contributed by atoms with Crippen LogP contribution in [0.5, 0.6) is 0 Å². The van der Waals surface area contributed by atoms with Gasteiger partial charge in [-0.05, 0) is 78.9 Å². The lowest BCUT2D eigenvalue weighted by Crippen LogP contribution is -2.67. The van der Waals surface area contributed by atoms with Crippen LogP contribution in [-0.2, 0) is 19.1 Å². The Balaban J connectivity index is 1.42. The molecule has 1 N–H and O–H groups in total. The Morgan fingerprint density at radius 3 is 2.38 bits per heavy atom. The molecular formula is C32H48O5. The van der Waals surface area contributed by atoms with Gasteiger partial charge in [-0.25, -0.2) is 0 Å². The fraction of sp³-hybridized carbons (Fsp3) is 0.875. The van der Waals surface area contributed by atoms with Crippen molar-refractivity contribution in [3.05, 3.63) is 11.6 Å². The lowest BCUT2D eigenvalue weighted by Gasteiger charge is -2.71. The van der Waals surface area contributed by atoms with Gasteiger partial charge in [0.05, 0.1) is 6.10 Å². The fourth-order valence-corrected chi connectivity index (χ4v) is 11.5. The maximum absolute atomic E-state index is 13.4. The van der Waals surface area contributed by atoms with E-state index in [0.29, 0.717) is 24.7 Å². The second kappa shape index (κ2) is 7.43. The van der Waals surface area contributed by atoms with Gasteiger partial charge in [-0.2, -0.15) is 0 Å². The number of allylic oxidation sites excluding steroid dienone is 2. The van der Waals surface area contributed by atoms with Crippen molar-refractivity contribution in [2.24, 2.45) is 50.2 Å². The number of ether oxygens (including phenoxy) is 2. The summed E-state index contributed by atoms with van der Waals surface area (Å²) in [6.45, 7) is 18.1. The molecule has 10 unspecified atom stereocenters. The molecule has 5 nitrogen and oxygen atoms in total. The van der Waals surface area contributed by atoms with Crippen LogP contribution in [0.4, 0.5) is 0 Å². The zero-order valence-electron chi connectivity index (χ0n) is 24.3. The highest BCUT2D eigenvalue weighted by Crippen LogP contribution is 2.76. The third-order valence-corrected chi connectivity index (χ3v) is 13.7. The molecule has 1 spiro atoms. The molecular weight excluding hydrogens is 464 g/mol. The van der Waals surface area contributed by atoms with Crippen LogP contribution >= 0.6 is 0 Å². The first-order chi connectivity index (χ1) is 17.0. The topological polar surface area (TPSA) is 72.8 Å².